The van der Waals surface area contributed by atoms with Gasteiger partial charge in [-0.05, 0) is 19.4 Å². The van der Waals surface area contributed by atoms with Gasteiger partial charge in [-0.3, -0.25) is 4.79 Å². The van der Waals surface area contributed by atoms with E-state index in [0.29, 0.717) is 6.54 Å². The lowest BCUT2D eigenvalue weighted by Gasteiger charge is -2.00. The van der Waals surface area contributed by atoms with Gasteiger partial charge in [-0.15, -0.1) is 0 Å². The normalized spacial score (nSPS) is 10.6. The zero-order valence-electron chi connectivity index (χ0n) is 9.50. The molecule has 1 amide bonds. The number of nitrogens with one attached hydrogen (secondary N) is 1. The summed E-state index contributed by atoms with van der Waals surface area (Å²) in [4.78, 5) is 10.6. The quantitative estimate of drug-likeness (QED) is 0.803. The van der Waals surface area contributed by atoms with Crippen molar-refractivity contribution < 1.29 is 4.79 Å². The van der Waals surface area contributed by atoms with Crippen LogP contribution in [0.2, 0.25) is 0 Å². The maximum absolute atomic E-state index is 10.6. The van der Waals surface area contributed by atoms with Crippen LogP contribution in [0.3, 0.4) is 0 Å². The van der Waals surface area contributed by atoms with Crippen molar-refractivity contribution in [2.75, 3.05) is 6.54 Å². The van der Waals surface area contributed by atoms with Gasteiger partial charge in [0.15, 0.2) is 0 Å². The average Bonchev–Trinajstić information content (AvgIpc) is 2.10. The molecule has 0 aromatic heterocycles. The van der Waals surface area contributed by atoms with E-state index in [4.69, 9.17) is 0 Å². The van der Waals surface area contributed by atoms with E-state index in [1.807, 2.05) is 12.2 Å². The molecular weight excluding hydrogens is 186 g/mol. The van der Waals surface area contributed by atoms with Crippen LogP contribution in [0.1, 0.15) is 23.6 Å². The van der Waals surface area contributed by atoms with Crippen LogP contribution in [0.25, 0.3) is 6.08 Å². The topological polar surface area (TPSA) is 29.1 Å². The molecule has 1 aromatic rings. The van der Waals surface area contributed by atoms with E-state index < -0.39 is 0 Å². The lowest BCUT2D eigenvalue weighted by Crippen LogP contribution is -2.19. The highest BCUT2D eigenvalue weighted by Gasteiger charge is 1.91. The molecule has 0 spiro atoms. The number of rotatable bonds is 3. The van der Waals surface area contributed by atoms with E-state index in [1.165, 1.54) is 23.6 Å². The van der Waals surface area contributed by atoms with E-state index in [0.717, 1.165) is 0 Å². The molecule has 0 saturated carbocycles. The fourth-order valence-electron chi connectivity index (χ4n) is 1.50. The third kappa shape index (κ3) is 4.45. The second-order valence-electron chi connectivity index (χ2n) is 3.76. The van der Waals surface area contributed by atoms with Gasteiger partial charge in [0.2, 0.25) is 5.91 Å². The van der Waals surface area contributed by atoms with E-state index >= 15 is 0 Å². The Balaban J connectivity index is 2.60. The summed E-state index contributed by atoms with van der Waals surface area (Å²) in [6.45, 7) is 6.27. The number of carbonyl (C=O) groups is 1. The van der Waals surface area contributed by atoms with Gasteiger partial charge in [-0.1, -0.05) is 41.5 Å². The first-order valence-electron chi connectivity index (χ1n) is 5.07. The SMILES string of the molecule is CC(=O)NCC=Cc1cc(C)cc(C)c1. The molecule has 15 heavy (non-hydrogen) atoms. The molecule has 0 fully saturated rings. The van der Waals surface area contributed by atoms with Crippen LogP contribution < -0.4 is 5.32 Å². The summed E-state index contributed by atoms with van der Waals surface area (Å²) in [5, 5.41) is 2.72. The lowest BCUT2D eigenvalue weighted by molar-refractivity contribution is -0.118. The first-order valence-corrected chi connectivity index (χ1v) is 5.07. The van der Waals surface area contributed by atoms with E-state index in [1.54, 1.807) is 0 Å². The molecule has 0 aliphatic rings. The van der Waals surface area contributed by atoms with Crippen molar-refractivity contribution in [3.05, 3.63) is 41.0 Å². The third-order valence-corrected chi connectivity index (χ3v) is 2.02. The maximum atomic E-state index is 10.6. The Kier molecular flexibility index (Phi) is 4.10. The minimum Gasteiger partial charge on any atom is -0.353 e. The monoisotopic (exact) mass is 203 g/mol. The number of aryl methyl sites for hydroxylation is 2. The van der Waals surface area contributed by atoms with Gasteiger partial charge in [0.05, 0.1) is 0 Å². The number of hydrogen-bond donors (Lipinski definition) is 1. The molecule has 2 heteroatoms. The van der Waals surface area contributed by atoms with E-state index in [-0.39, 0.29) is 5.91 Å². The second kappa shape index (κ2) is 5.35. The largest absolute Gasteiger partial charge is 0.353 e. The number of benzene rings is 1. The van der Waals surface area contributed by atoms with Crippen LogP contribution in [0.5, 0.6) is 0 Å². The van der Waals surface area contributed by atoms with Crippen LogP contribution in [-0.2, 0) is 4.79 Å². The molecule has 1 N–H and O–H groups in total. The molecule has 0 atom stereocenters. The first-order chi connectivity index (χ1) is 7.08. The van der Waals surface area contributed by atoms with Gasteiger partial charge in [0, 0.05) is 13.5 Å². The first kappa shape index (κ1) is 11.5. The van der Waals surface area contributed by atoms with Gasteiger partial charge in [0.25, 0.3) is 0 Å². The van der Waals surface area contributed by atoms with Crippen LogP contribution in [0.4, 0.5) is 0 Å². The highest BCUT2D eigenvalue weighted by Crippen LogP contribution is 2.09. The van der Waals surface area contributed by atoms with Crippen molar-refractivity contribution in [2.45, 2.75) is 20.8 Å². The Morgan fingerprint density at radius 2 is 1.87 bits per heavy atom. The molecule has 0 aliphatic heterocycles. The maximum Gasteiger partial charge on any atom is 0.217 e. The molecule has 0 unspecified atom stereocenters. The van der Waals surface area contributed by atoms with Crippen molar-refractivity contribution in [3.63, 3.8) is 0 Å². The van der Waals surface area contributed by atoms with Crippen LogP contribution in [-0.4, -0.2) is 12.5 Å². The second-order valence-corrected chi connectivity index (χ2v) is 3.76. The Labute approximate surface area is 91.0 Å². The molecule has 0 bridgehead atoms. The predicted molar refractivity (Wildman–Crippen MR) is 63.6 cm³/mol. The predicted octanol–water partition coefficient (Wildman–Crippen LogP) is 2.45. The number of carbonyl (C=O) groups excluding carboxylic acids is 1. The van der Waals surface area contributed by atoms with Crippen LogP contribution >= 0.6 is 0 Å². The zero-order valence-corrected chi connectivity index (χ0v) is 9.50. The molecule has 0 heterocycles. The summed E-state index contributed by atoms with van der Waals surface area (Å²) in [5.41, 5.74) is 3.70. The van der Waals surface area contributed by atoms with Gasteiger partial charge >= 0.3 is 0 Å². The minimum absolute atomic E-state index is 0.0000674. The summed E-state index contributed by atoms with van der Waals surface area (Å²) >= 11 is 0. The van der Waals surface area contributed by atoms with E-state index in [2.05, 4.69) is 37.4 Å². The molecule has 0 radical (unpaired) electrons. The van der Waals surface area contributed by atoms with Crippen LogP contribution in [0, 0.1) is 13.8 Å². The molecule has 1 rings (SSSR count). The van der Waals surface area contributed by atoms with Crippen molar-refractivity contribution in [2.24, 2.45) is 0 Å². The lowest BCUT2D eigenvalue weighted by atomic mass is 10.1. The zero-order chi connectivity index (χ0) is 11.3. The summed E-state index contributed by atoms with van der Waals surface area (Å²) in [7, 11) is 0. The molecule has 2 nitrogen and oxygen atoms in total. The van der Waals surface area contributed by atoms with Crippen molar-refractivity contribution in [3.8, 4) is 0 Å². The van der Waals surface area contributed by atoms with Crippen molar-refractivity contribution in [1.29, 1.82) is 0 Å². The molecule has 0 saturated heterocycles. The molecule has 80 valence electrons. The van der Waals surface area contributed by atoms with Gasteiger partial charge in [-0.25, -0.2) is 0 Å². The summed E-state index contributed by atoms with van der Waals surface area (Å²) in [5.74, 6) is 0.0000674. The fourth-order valence-corrected chi connectivity index (χ4v) is 1.50. The Morgan fingerprint density at radius 3 is 2.40 bits per heavy atom. The highest BCUT2D eigenvalue weighted by atomic mass is 16.1. The highest BCUT2D eigenvalue weighted by molar-refractivity contribution is 5.73. The van der Waals surface area contributed by atoms with Crippen molar-refractivity contribution >= 4 is 12.0 Å². The molecule has 0 aliphatic carbocycles. The number of hydrogen-bond acceptors (Lipinski definition) is 1. The third-order valence-electron chi connectivity index (χ3n) is 2.02. The molecular formula is C13H17NO. The van der Waals surface area contributed by atoms with Gasteiger partial charge < -0.3 is 5.32 Å². The molecule has 1 aromatic carbocycles. The van der Waals surface area contributed by atoms with Gasteiger partial charge in [-0.2, -0.15) is 0 Å². The Morgan fingerprint density at radius 1 is 1.27 bits per heavy atom. The Bertz CT molecular complexity index is 360. The van der Waals surface area contributed by atoms with Gasteiger partial charge in [0.1, 0.15) is 0 Å². The van der Waals surface area contributed by atoms with Crippen LogP contribution in [0.15, 0.2) is 24.3 Å². The smallest absolute Gasteiger partial charge is 0.217 e. The summed E-state index contributed by atoms with van der Waals surface area (Å²) in [6, 6.07) is 6.39. The van der Waals surface area contributed by atoms with E-state index in [9.17, 15) is 4.79 Å². The average molecular weight is 203 g/mol. The standard InChI is InChI=1S/C13H17NO/c1-10-7-11(2)9-13(8-10)5-4-6-14-12(3)15/h4-5,7-9H,6H2,1-3H3,(H,14,15). The fraction of sp³-hybridized carbons (Fsp3) is 0.308. The summed E-state index contributed by atoms with van der Waals surface area (Å²) in [6.07, 6.45) is 3.98. The van der Waals surface area contributed by atoms with Crippen molar-refractivity contribution in [1.82, 2.24) is 5.32 Å². The minimum atomic E-state index is 0.0000674. The summed E-state index contributed by atoms with van der Waals surface area (Å²) < 4.78 is 0. The number of amides is 1. The Hall–Kier alpha value is -1.57.